The van der Waals surface area contributed by atoms with E-state index in [1.165, 1.54) is 0 Å². The average Bonchev–Trinajstić information content (AvgIpc) is 2.93. The second-order valence-corrected chi connectivity index (χ2v) is 8.03. The third-order valence-corrected chi connectivity index (χ3v) is 4.91. The summed E-state index contributed by atoms with van der Waals surface area (Å²) in [4.78, 5) is 0.274. The second kappa shape index (κ2) is 6.22. The van der Waals surface area contributed by atoms with E-state index < -0.39 is 10.0 Å². The predicted octanol–water partition coefficient (Wildman–Crippen LogP) is 2.68. The van der Waals surface area contributed by atoms with Crippen LogP contribution in [0.5, 0.6) is 0 Å². The van der Waals surface area contributed by atoms with Gasteiger partial charge in [-0.2, -0.15) is 5.10 Å². The zero-order valence-corrected chi connectivity index (χ0v) is 14.3. The molecule has 0 atom stereocenters. The summed E-state index contributed by atoms with van der Waals surface area (Å²) in [6, 6.07) is 8.83. The summed E-state index contributed by atoms with van der Waals surface area (Å²) in [5, 5.41) is 4.26. The fraction of sp³-hybridized carbons (Fsp3) is 0.438. The van der Waals surface area contributed by atoms with E-state index in [-0.39, 0.29) is 16.9 Å². The third-order valence-electron chi connectivity index (χ3n) is 3.49. The normalized spacial score (nSPS) is 12.5. The summed E-state index contributed by atoms with van der Waals surface area (Å²) < 4.78 is 28.9. The molecule has 1 aromatic carbocycles. The summed E-state index contributed by atoms with van der Waals surface area (Å²) in [7, 11) is -3.52. The Labute approximate surface area is 132 Å². The number of hydrogen-bond donors (Lipinski definition) is 1. The molecule has 2 aromatic rings. The van der Waals surface area contributed by atoms with E-state index in [0.29, 0.717) is 5.69 Å². The molecule has 1 heterocycles. The molecule has 1 N–H and O–H groups in total. The quantitative estimate of drug-likeness (QED) is 0.921. The lowest BCUT2D eigenvalue weighted by molar-refractivity contribution is 0.575. The van der Waals surface area contributed by atoms with E-state index in [1.54, 1.807) is 16.8 Å². The van der Waals surface area contributed by atoms with Gasteiger partial charge < -0.3 is 0 Å². The van der Waals surface area contributed by atoms with E-state index in [2.05, 4.69) is 30.6 Å². The molecule has 0 aliphatic carbocycles. The molecule has 5 nitrogen and oxygen atoms in total. The lowest BCUT2D eigenvalue weighted by atomic mass is 9.87. The Bertz CT molecular complexity index is 725. The number of aryl methyl sites for hydroxylation is 1. The van der Waals surface area contributed by atoms with Crippen LogP contribution in [-0.4, -0.2) is 18.2 Å². The number of nitrogens with one attached hydrogen (secondary N) is 1. The van der Waals surface area contributed by atoms with E-state index in [0.717, 1.165) is 12.1 Å². The Morgan fingerprint density at radius 1 is 1.14 bits per heavy atom. The third kappa shape index (κ3) is 3.96. The highest BCUT2D eigenvalue weighted by Crippen LogP contribution is 2.23. The van der Waals surface area contributed by atoms with Crippen molar-refractivity contribution in [2.45, 2.75) is 51.1 Å². The molecule has 120 valence electrons. The van der Waals surface area contributed by atoms with Crippen molar-refractivity contribution in [1.82, 2.24) is 14.5 Å². The van der Waals surface area contributed by atoms with E-state index in [1.807, 2.05) is 31.3 Å². The molecule has 0 unspecified atom stereocenters. The zero-order chi connectivity index (χ0) is 16.4. The number of sulfonamides is 1. The molecule has 0 spiro atoms. The minimum atomic E-state index is -3.52. The van der Waals surface area contributed by atoms with Crippen LogP contribution in [0.4, 0.5) is 0 Å². The molecule has 0 aliphatic rings. The lowest BCUT2D eigenvalue weighted by Crippen LogP contribution is -2.23. The molecule has 6 heteroatoms. The fourth-order valence-electron chi connectivity index (χ4n) is 2.06. The molecule has 0 saturated carbocycles. The van der Waals surface area contributed by atoms with Crippen molar-refractivity contribution >= 4 is 10.0 Å². The topological polar surface area (TPSA) is 64.0 Å². The van der Waals surface area contributed by atoms with Crippen molar-refractivity contribution in [1.29, 1.82) is 0 Å². The maximum atomic E-state index is 12.3. The standard InChI is InChI=1S/C16H23N3O2S/c1-5-19-11-10-14(18-19)12-17-22(20,21)15-8-6-13(7-9-15)16(2,3)4/h6-11,17H,5,12H2,1-4H3. The molecule has 2 rings (SSSR count). The maximum absolute atomic E-state index is 12.3. The first-order valence-electron chi connectivity index (χ1n) is 7.35. The Hall–Kier alpha value is -1.66. The number of aromatic nitrogens is 2. The fourth-order valence-corrected chi connectivity index (χ4v) is 3.06. The number of rotatable bonds is 5. The van der Waals surface area contributed by atoms with Gasteiger partial charge >= 0.3 is 0 Å². The van der Waals surface area contributed by atoms with Crippen molar-refractivity contribution < 1.29 is 8.42 Å². The van der Waals surface area contributed by atoms with Gasteiger partial charge in [-0.25, -0.2) is 13.1 Å². The zero-order valence-electron chi connectivity index (χ0n) is 13.5. The van der Waals surface area contributed by atoms with Crippen LogP contribution in [0, 0.1) is 0 Å². The lowest BCUT2D eigenvalue weighted by Gasteiger charge is -2.19. The molecule has 0 fully saturated rings. The Morgan fingerprint density at radius 2 is 1.77 bits per heavy atom. The highest BCUT2D eigenvalue weighted by Gasteiger charge is 2.17. The molecule has 0 amide bonds. The van der Waals surface area contributed by atoms with Crippen LogP contribution in [0.1, 0.15) is 39.0 Å². The van der Waals surface area contributed by atoms with Crippen molar-refractivity contribution in [2.75, 3.05) is 0 Å². The highest BCUT2D eigenvalue weighted by atomic mass is 32.2. The van der Waals surface area contributed by atoms with Crippen LogP contribution in [0.15, 0.2) is 41.4 Å². The van der Waals surface area contributed by atoms with Crippen molar-refractivity contribution in [3.05, 3.63) is 47.8 Å². The molecule has 0 aliphatic heterocycles. The molecular formula is C16H23N3O2S. The smallest absolute Gasteiger partial charge is 0.240 e. The Kier molecular flexibility index (Phi) is 4.72. The summed E-state index contributed by atoms with van der Waals surface area (Å²) in [5.74, 6) is 0. The molecule has 0 saturated heterocycles. The van der Waals surface area contributed by atoms with Gasteiger partial charge in [0, 0.05) is 12.7 Å². The first-order valence-corrected chi connectivity index (χ1v) is 8.83. The molecule has 0 bridgehead atoms. The average molecular weight is 321 g/mol. The van der Waals surface area contributed by atoms with Gasteiger partial charge in [0.05, 0.1) is 17.1 Å². The second-order valence-electron chi connectivity index (χ2n) is 6.26. The summed E-state index contributed by atoms with van der Waals surface area (Å²) in [6.45, 7) is 9.23. The molecule has 22 heavy (non-hydrogen) atoms. The van der Waals surface area contributed by atoms with Gasteiger partial charge in [-0.3, -0.25) is 4.68 Å². The van der Waals surface area contributed by atoms with Crippen molar-refractivity contribution in [3.8, 4) is 0 Å². The van der Waals surface area contributed by atoms with Gasteiger partial charge in [-0.15, -0.1) is 0 Å². The van der Waals surface area contributed by atoms with Crippen molar-refractivity contribution in [3.63, 3.8) is 0 Å². The van der Waals surface area contributed by atoms with Gasteiger partial charge in [0.15, 0.2) is 0 Å². The van der Waals surface area contributed by atoms with Gasteiger partial charge in [-0.1, -0.05) is 32.9 Å². The van der Waals surface area contributed by atoms with Gasteiger partial charge in [0.2, 0.25) is 10.0 Å². The Morgan fingerprint density at radius 3 is 2.27 bits per heavy atom. The SMILES string of the molecule is CCn1ccc(CNS(=O)(=O)c2ccc(C(C)(C)C)cc2)n1. The van der Waals surface area contributed by atoms with Crippen LogP contribution in [0.25, 0.3) is 0 Å². The van der Waals surface area contributed by atoms with Crippen LogP contribution in [0.3, 0.4) is 0 Å². The van der Waals surface area contributed by atoms with Crippen LogP contribution in [-0.2, 0) is 28.5 Å². The van der Waals surface area contributed by atoms with Crippen molar-refractivity contribution in [2.24, 2.45) is 0 Å². The predicted molar refractivity (Wildman–Crippen MR) is 87.1 cm³/mol. The van der Waals surface area contributed by atoms with Crippen LogP contribution < -0.4 is 4.72 Å². The number of benzene rings is 1. The van der Waals surface area contributed by atoms with Crippen LogP contribution >= 0.6 is 0 Å². The molecular weight excluding hydrogens is 298 g/mol. The van der Waals surface area contributed by atoms with E-state index >= 15 is 0 Å². The number of nitrogens with zero attached hydrogens (tertiary/aromatic N) is 2. The first kappa shape index (κ1) is 16.7. The number of hydrogen-bond acceptors (Lipinski definition) is 3. The van der Waals surface area contributed by atoms with E-state index in [4.69, 9.17) is 0 Å². The van der Waals surface area contributed by atoms with Gasteiger partial charge in [-0.05, 0) is 36.1 Å². The summed E-state index contributed by atoms with van der Waals surface area (Å²) >= 11 is 0. The highest BCUT2D eigenvalue weighted by molar-refractivity contribution is 7.89. The first-order chi connectivity index (χ1) is 10.2. The monoisotopic (exact) mass is 321 g/mol. The van der Waals surface area contributed by atoms with E-state index in [9.17, 15) is 8.42 Å². The molecule has 1 aromatic heterocycles. The molecule has 0 radical (unpaired) electrons. The largest absolute Gasteiger partial charge is 0.273 e. The Balaban J connectivity index is 2.09. The van der Waals surface area contributed by atoms with Gasteiger partial charge in [0.1, 0.15) is 0 Å². The summed E-state index contributed by atoms with van der Waals surface area (Å²) in [5.41, 5.74) is 1.81. The minimum Gasteiger partial charge on any atom is -0.273 e. The van der Waals surface area contributed by atoms with Crippen LogP contribution in [0.2, 0.25) is 0 Å². The van der Waals surface area contributed by atoms with Gasteiger partial charge in [0.25, 0.3) is 0 Å². The summed E-state index contributed by atoms with van der Waals surface area (Å²) in [6.07, 6.45) is 1.84. The minimum absolute atomic E-state index is 0.00268. The maximum Gasteiger partial charge on any atom is 0.240 e.